The van der Waals surface area contributed by atoms with E-state index in [4.69, 9.17) is 18.9 Å². The first-order valence-corrected chi connectivity index (χ1v) is 29.6. The molecule has 1 amide bonds. The fourth-order valence-corrected chi connectivity index (χ4v) is 17.7. The number of benzene rings is 2. The molecule has 0 bridgehead atoms. The molecule has 71 heavy (non-hydrogen) atoms. The fourth-order valence-electron chi connectivity index (χ4n) is 12.5. The molecule has 3 fully saturated rings. The normalized spacial score (nSPS) is 33.3. The van der Waals surface area contributed by atoms with Crippen molar-refractivity contribution in [1.29, 1.82) is 0 Å². The molecule has 0 saturated carbocycles. The molecule has 402 valence electrons. The third-order valence-corrected chi connectivity index (χ3v) is 21.6. The summed E-state index contributed by atoms with van der Waals surface area (Å²) >= 11 is 0. The molecule has 0 spiro atoms. The van der Waals surface area contributed by atoms with Crippen LogP contribution in [0.2, 0.25) is 0 Å². The Morgan fingerprint density at radius 3 is 1.92 bits per heavy atom. The largest absolute Gasteiger partial charge is 0.459 e. The van der Waals surface area contributed by atoms with E-state index < -0.39 is 73.0 Å². The molecule has 2 aromatic carbocycles. The molecule has 3 saturated heterocycles. The summed E-state index contributed by atoms with van der Waals surface area (Å²) in [7, 11) is 2.20. The number of carbonyl (C=O) groups is 2. The van der Waals surface area contributed by atoms with Gasteiger partial charge in [-0.15, -0.1) is 0 Å². The van der Waals surface area contributed by atoms with E-state index in [1.54, 1.807) is 32.6 Å². The van der Waals surface area contributed by atoms with E-state index in [1.807, 2.05) is 39.8 Å². The topological polar surface area (TPSA) is 158 Å². The Labute approximate surface area is 429 Å². The third-order valence-electron chi connectivity index (χ3n) is 16.4. The predicted molar refractivity (Wildman–Crippen MR) is 287 cm³/mol. The van der Waals surface area contributed by atoms with E-state index in [0.717, 1.165) is 45.3 Å². The summed E-state index contributed by atoms with van der Waals surface area (Å²) in [6.07, 6.45) is 9.42. The maximum absolute atomic E-state index is 14.3. The molecular weight excluding hydrogens is 916 g/mol. The highest BCUT2D eigenvalue weighted by Crippen LogP contribution is 2.64. The van der Waals surface area contributed by atoms with Gasteiger partial charge < -0.3 is 49.2 Å². The van der Waals surface area contributed by atoms with Crippen molar-refractivity contribution >= 4 is 29.7 Å². The first-order chi connectivity index (χ1) is 33.7. The van der Waals surface area contributed by atoms with Crippen LogP contribution in [0, 0.1) is 17.8 Å². The SMILES string of the molecule is CC[C@H]1OC(=O)[C@H](C)C[C@H](C)[C@@H](O[C@@H]2O[C@H](C)C[C@H](N(C)C)[C@H]2O)[C@](C)(O)C[C@@H](C)CN(C(=O)CCCCCCCCCCC[P+](c2ccccc2)(c2ccccc2)C2CCOCC2)[C@H](C)[C@@H](O)[C@]1(C)O. The summed E-state index contributed by atoms with van der Waals surface area (Å²) in [5.74, 6) is -1.97. The number of carbonyl (C=O) groups excluding carboxylic acids is 2. The number of aliphatic hydroxyl groups is 4. The highest BCUT2D eigenvalue weighted by Gasteiger charge is 2.51. The summed E-state index contributed by atoms with van der Waals surface area (Å²) in [5, 5.41) is 50.8. The van der Waals surface area contributed by atoms with Gasteiger partial charge in [0.2, 0.25) is 5.91 Å². The van der Waals surface area contributed by atoms with Crippen LogP contribution in [0.4, 0.5) is 0 Å². The number of unbranched alkanes of at least 4 members (excludes halogenated alkanes) is 8. The molecule has 13 atom stereocenters. The standard InChI is InChI=1S/C58H96N2O10P/c1-11-50-58(8,66)53(63)45(6)60(40-41(2)39-57(7,65)54(42(3)37-43(4)55(64)69-50)70-56-52(62)49(59(9)10)38-44(5)68-56)51(61)31-25-17-15-13-12-14-16-18-26-36-71(46-27-21-19-22-28-46,47-29-23-20-24-30-47)48-32-34-67-35-33-48/h19-24,27-30,41-45,48-50,52-54,56,62-63,65-66H,11-18,25-26,31-40H2,1-10H3/q+1/t41-,42+,43-,44-,45-,49+,50-,52-,53-,54-,56+,57-,58-/m1/s1. The fraction of sp³-hybridized carbons (Fsp3) is 0.759. The molecule has 3 heterocycles. The van der Waals surface area contributed by atoms with Crippen LogP contribution in [0.15, 0.2) is 60.7 Å². The molecule has 0 radical (unpaired) electrons. The number of likely N-dealkylation sites (N-methyl/N-ethyl adjacent to an activating group) is 1. The van der Waals surface area contributed by atoms with Crippen molar-refractivity contribution in [3.8, 4) is 0 Å². The van der Waals surface area contributed by atoms with Gasteiger partial charge in [-0.3, -0.25) is 9.59 Å². The average molecular weight is 1010 g/mol. The lowest BCUT2D eigenvalue weighted by Gasteiger charge is -2.46. The molecule has 13 heteroatoms. The van der Waals surface area contributed by atoms with Gasteiger partial charge in [0.15, 0.2) is 6.29 Å². The Kier molecular flexibility index (Phi) is 23.3. The molecular formula is C58H96N2O10P+. The first kappa shape index (κ1) is 59.4. The van der Waals surface area contributed by atoms with Crippen LogP contribution in [0.1, 0.15) is 158 Å². The number of cyclic esters (lactones) is 1. The van der Waals surface area contributed by atoms with Crippen molar-refractivity contribution in [3.63, 3.8) is 0 Å². The second kappa shape index (κ2) is 27.9. The summed E-state index contributed by atoms with van der Waals surface area (Å²) in [6, 6.07) is 21.6. The average Bonchev–Trinajstić information content (AvgIpc) is 3.34. The molecule has 5 rings (SSSR count). The van der Waals surface area contributed by atoms with Crippen LogP contribution in [0.3, 0.4) is 0 Å². The number of amides is 1. The Bertz CT molecular complexity index is 1820. The molecule has 12 nitrogen and oxygen atoms in total. The zero-order valence-electron chi connectivity index (χ0n) is 45.4. The Morgan fingerprint density at radius 1 is 0.817 bits per heavy atom. The predicted octanol–water partition coefficient (Wildman–Crippen LogP) is 8.65. The van der Waals surface area contributed by atoms with Crippen molar-refractivity contribution in [2.75, 3.05) is 40.0 Å². The van der Waals surface area contributed by atoms with Gasteiger partial charge in [0.05, 0.1) is 72.7 Å². The van der Waals surface area contributed by atoms with Gasteiger partial charge in [0, 0.05) is 31.8 Å². The van der Waals surface area contributed by atoms with Crippen molar-refractivity contribution in [2.24, 2.45) is 17.8 Å². The van der Waals surface area contributed by atoms with E-state index in [1.165, 1.54) is 55.8 Å². The zero-order chi connectivity index (χ0) is 51.9. The number of rotatable bonds is 19. The van der Waals surface area contributed by atoms with E-state index in [2.05, 4.69) is 60.7 Å². The minimum absolute atomic E-state index is 0.129. The van der Waals surface area contributed by atoms with Gasteiger partial charge in [0.25, 0.3) is 0 Å². The summed E-state index contributed by atoms with van der Waals surface area (Å²) < 4.78 is 24.7. The lowest BCUT2D eigenvalue weighted by Crippen LogP contribution is -2.60. The van der Waals surface area contributed by atoms with E-state index in [9.17, 15) is 30.0 Å². The van der Waals surface area contributed by atoms with Gasteiger partial charge in [-0.25, -0.2) is 0 Å². The summed E-state index contributed by atoms with van der Waals surface area (Å²) in [5.41, 5.74) is -2.69. The molecule has 2 aromatic rings. The Hall–Kier alpha value is -2.51. The van der Waals surface area contributed by atoms with Gasteiger partial charge in [-0.05, 0) is 123 Å². The molecule has 3 aliphatic rings. The molecule has 0 unspecified atom stereocenters. The number of hydrogen-bond donors (Lipinski definition) is 4. The smallest absolute Gasteiger partial charge is 0.309 e. The Balaban J connectivity index is 1.19. The van der Waals surface area contributed by atoms with Crippen molar-refractivity contribution in [2.45, 2.75) is 224 Å². The third kappa shape index (κ3) is 15.8. The first-order valence-electron chi connectivity index (χ1n) is 27.6. The van der Waals surface area contributed by atoms with Crippen LogP contribution < -0.4 is 10.6 Å². The van der Waals surface area contributed by atoms with Crippen LogP contribution in [0.25, 0.3) is 0 Å². The number of nitrogens with zero attached hydrogens (tertiary/aromatic N) is 2. The summed E-state index contributed by atoms with van der Waals surface area (Å²) in [4.78, 5) is 31.7. The Morgan fingerprint density at radius 2 is 1.37 bits per heavy atom. The van der Waals surface area contributed by atoms with Crippen molar-refractivity contribution in [1.82, 2.24) is 9.80 Å². The van der Waals surface area contributed by atoms with Gasteiger partial charge in [-0.1, -0.05) is 103 Å². The van der Waals surface area contributed by atoms with Gasteiger partial charge in [-0.2, -0.15) is 0 Å². The minimum Gasteiger partial charge on any atom is -0.459 e. The number of esters is 1. The second-order valence-electron chi connectivity index (χ2n) is 22.7. The van der Waals surface area contributed by atoms with Gasteiger partial charge in [0.1, 0.15) is 23.9 Å². The van der Waals surface area contributed by atoms with E-state index >= 15 is 0 Å². The van der Waals surface area contributed by atoms with Crippen LogP contribution in [0.5, 0.6) is 0 Å². The summed E-state index contributed by atoms with van der Waals surface area (Å²) in [6.45, 7) is 16.2. The zero-order valence-corrected chi connectivity index (χ0v) is 46.3. The quantitative estimate of drug-likeness (QED) is 0.0607. The maximum atomic E-state index is 14.3. The molecule has 4 N–H and O–H groups in total. The van der Waals surface area contributed by atoms with Crippen molar-refractivity contribution in [3.05, 3.63) is 60.7 Å². The van der Waals surface area contributed by atoms with Crippen molar-refractivity contribution < 1.29 is 49.0 Å². The lowest BCUT2D eigenvalue weighted by molar-refractivity contribution is -0.295. The monoisotopic (exact) mass is 1010 g/mol. The maximum Gasteiger partial charge on any atom is 0.309 e. The minimum atomic E-state index is -1.86. The molecule has 3 aliphatic heterocycles. The van der Waals surface area contributed by atoms with Gasteiger partial charge >= 0.3 is 5.97 Å². The van der Waals surface area contributed by atoms with Crippen LogP contribution in [-0.2, 0) is 28.5 Å². The van der Waals surface area contributed by atoms with E-state index in [-0.39, 0.29) is 56.2 Å². The molecule has 0 aromatic heterocycles. The highest BCUT2D eigenvalue weighted by molar-refractivity contribution is 7.90. The number of hydrogen-bond acceptors (Lipinski definition) is 11. The molecule has 0 aliphatic carbocycles. The number of aliphatic hydroxyl groups excluding tert-OH is 2. The van der Waals surface area contributed by atoms with Crippen LogP contribution in [-0.4, -0.2) is 148 Å². The second-order valence-corrected chi connectivity index (χ2v) is 26.7. The van der Waals surface area contributed by atoms with E-state index in [0.29, 0.717) is 18.5 Å². The van der Waals surface area contributed by atoms with Crippen LogP contribution >= 0.6 is 7.26 Å². The highest BCUT2D eigenvalue weighted by atomic mass is 31.2. The number of ether oxygens (including phenoxy) is 4. The lowest BCUT2D eigenvalue weighted by atomic mass is 9.79.